The number of carbonyl (C=O) groups is 3. The van der Waals surface area contributed by atoms with Crippen LogP contribution in [-0.4, -0.2) is 46.7 Å². The second kappa shape index (κ2) is 7.11. The Morgan fingerprint density at radius 1 is 1.14 bits per heavy atom. The Balaban J connectivity index is 1.25. The number of alkyl halides is 1. The van der Waals surface area contributed by atoms with Crippen LogP contribution in [0.2, 0.25) is 0 Å². The van der Waals surface area contributed by atoms with Crippen LogP contribution >= 0.6 is 15.9 Å². The fourth-order valence-corrected chi connectivity index (χ4v) is 6.69. The van der Waals surface area contributed by atoms with E-state index in [9.17, 15) is 14.4 Å². The number of carbonyl (C=O) groups excluding carboxylic acids is 3. The number of piperidine rings is 1. The third-order valence-electron chi connectivity index (χ3n) is 7.30. The summed E-state index contributed by atoms with van der Waals surface area (Å²) in [5.41, 5.74) is 1.29. The number of hydrogen-bond donors (Lipinski definition) is 1. The van der Waals surface area contributed by atoms with Gasteiger partial charge in [0, 0.05) is 30.3 Å². The SMILES string of the molecule is CC1CCN(C(=O)c2ccc(NC(=O)[C@@H]3[C@H]4C[C@H]5[C@H](OC(=O)[C@H]53)[C@@H]4Br)cc2)CC1. The molecule has 2 bridgehead atoms. The molecule has 0 radical (unpaired) electrons. The van der Waals surface area contributed by atoms with Crippen molar-refractivity contribution in [3.63, 3.8) is 0 Å². The fourth-order valence-electron chi connectivity index (χ4n) is 5.65. The molecule has 0 unspecified atom stereocenters. The molecule has 0 spiro atoms. The number of halogens is 1. The maximum atomic E-state index is 13.0. The van der Waals surface area contributed by atoms with Gasteiger partial charge in [-0.15, -0.1) is 0 Å². The fraction of sp³-hybridized carbons (Fsp3) is 0.591. The summed E-state index contributed by atoms with van der Waals surface area (Å²) in [6.07, 6.45) is 2.87. The molecule has 7 heteroatoms. The zero-order valence-electron chi connectivity index (χ0n) is 16.3. The number of likely N-dealkylation sites (tertiary alicyclic amines) is 1. The molecule has 2 saturated heterocycles. The van der Waals surface area contributed by atoms with Crippen molar-refractivity contribution in [3.8, 4) is 0 Å². The van der Waals surface area contributed by atoms with Gasteiger partial charge in [0.15, 0.2) is 0 Å². The molecule has 2 aliphatic heterocycles. The molecule has 4 aliphatic rings. The van der Waals surface area contributed by atoms with Crippen LogP contribution in [0.25, 0.3) is 0 Å². The largest absolute Gasteiger partial charge is 0.461 e. The standard InChI is InChI=1S/C22H25BrN2O4/c1-11-6-8-25(9-7-11)21(27)12-2-4-13(5-3-12)24-20(26)16-14-10-15-17(16)22(28)29-19(15)18(14)23/h2-5,11,14-19H,6-10H2,1H3,(H,24,26)/t14-,15-,16-,17-,18-,19+/m1/s1. The molecular formula is C22H25BrN2O4. The smallest absolute Gasteiger partial charge is 0.310 e. The van der Waals surface area contributed by atoms with E-state index in [4.69, 9.17) is 4.74 Å². The van der Waals surface area contributed by atoms with Crippen molar-refractivity contribution in [2.24, 2.45) is 29.6 Å². The van der Waals surface area contributed by atoms with Crippen molar-refractivity contribution >= 4 is 39.4 Å². The van der Waals surface area contributed by atoms with Gasteiger partial charge in [-0.1, -0.05) is 22.9 Å². The molecule has 29 heavy (non-hydrogen) atoms. The molecular weight excluding hydrogens is 436 g/mol. The summed E-state index contributed by atoms with van der Waals surface area (Å²) in [4.78, 5) is 39.8. The van der Waals surface area contributed by atoms with Gasteiger partial charge >= 0.3 is 5.97 Å². The summed E-state index contributed by atoms with van der Waals surface area (Å²) < 4.78 is 5.48. The predicted molar refractivity (Wildman–Crippen MR) is 111 cm³/mol. The summed E-state index contributed by atoms with van der Waals surface area (Å²) in [6.45, 7) is 3.82. The zero-order chi connectivity index (χ0) is 20.3. The molecule has 1 N–H and O–H groups in total. The Labute approximate surface area is 178 Å². The molecule has 1 aromatic rings. The molecule has 1 aromatic carbocycles. The third-order valence-corrected chi connectivity index (χ3v) is 8.50. The number of hydrogen-bond acceptors (Lipinski definition) is 4. The maximum Gasteiger partial charge on any atom is 0.310 e. The highest BCUT2D eigenvalue weighted by Crippen LogP contribution is 2.60. The van der Waals surface area contributed by atoms with Crippen LogP contribution in [0.3, 0.4) is 0 Å². The van der Waals surface area contributed by atoms with Gasteiger partial charge in [-0.2, -0.15) is 0 Å². The van der Waals surface area contributed by atoms with Gasteiger partial charge in [-0.3, -0.25) is 14.4 Å². The normalized spacial score (nSPS) is 35.7. The molecule has 154 valence electrons. The first-order valence-corrected chi connectivity index (χ1v) is 11.4. The monoisotopic (exact) mass is 460 g/mol. The minimum Gasteiger partial charge on any atom is -0.461 e. The van der Waals surface area contributed by atoms with Crippen molar-refractivity contribution < 1.29 is 19.1 Å². The van der Waals surface area contributed by atoms with Crippen LogP contribution < -0.4 is 5.32 Å². The number of ether oxygens (including phenoxy) is 1. The Hall–Kier alpha value is -1.89. The first-order chi connectivity index (χ1) is 13.9. The van der Waals surface area contributed by atoms with E-state index in [1.807, 2.05) is 4.90 Å². The summed E-state index contributed by atoms with van der Waals surface area (Å²) >= 11 is 3.64. The van der Waals surface area contributed by atoms with Crippen molar-refractivity contribution in [2.45, 2.75) is 37.1 Å². The third kappa shape index (κ3) is 3.09. The second-order valence-corrected chi connectivity index (χ2v) is 10.1. The van der Waals surface area contributed by atoms with E-state index in [0.717, 1.165) is 32.4 Å². The highest BCUT2D eigenvalue weighted by atomic mass is 79.9. The van der Waals surface area contributed by atoms with Crippen molar-refractivity contribution in [1.82, 2.24) is 4.90 Å². The number of rotatable bonds is 3. The average Bonchev–Trinajstić information content (AvgIpc) is 3.33. The highest BCUT2D eigenvalue weighted by molar-refractivity contribution is 9.09. The van der Waals surface area contributed by atoms with E-state index in [2.05, 4.69) is 28.2 Å². The Morgan fingerprint density at radius 2 is 1.83 bits per heavy atom. The van der Waals surface area contributed by atoms with Crippen LogP contribution in [-0.2, 0) is 14.3 Å². The molecule has 2 aliphatic carbocycles. The molecule has 5 rings (SSSR count). The maximum absolute atomic E-state index is 13.0. The van der Waals surface area contributed by atoms with Crippen molar-refractivity contribution in [2.75, 3.05) is 18.4 Å². The van der Waals surface area contributed by atoms with Crippen LogP contribution in [0, 0.1) is 29.6 Å². The lowest BCUT2D eigenvalue weighted by Gasteiger charge is -2.30. The molecule has 2 amide bonds. The predicted octanol–water partition coefficient (Wildman–Crippen LogP) is 3.07. The highest BCUT2D eigenvalue weighted by Gasteiger charge is 2.67. The van der Waals surface area contributed by atoms with E-state index in [1.54, 1.807) is 24.3 Å². The van der Waals surface area contributed by atoms with Gasteiger partial charge in [0.2, 0.25) is 5.91 Å². The van der Waals surface area contributed by atoms with E-state index in [1.165, 1.54) is 0 Å². The number of fused-ring (bicyclic) bond motifs is 1. The summed E-state index contributed by atoms with van der Waals surface area (Å²) in [7, 11) is 0. The lowest BCUT2D eigenvalue weighted by Crippen LogP contribution is -2.40. The van der Waals surface area contributed by atoms with Crippen LogP contribution in [0.15, 0.2) is 24.3 Å². The first-order valence-electron chi connectivity index (χ1n) is 10.5. The van der Waals surface area contributed by atoms with Gasteiger partial charge in [-0.25, -0.2) is 0 Å². The van der Waals surface area contributed by atoms with Crippen LogP contribution in [0.4, 0.5) is 5.69 Å². The molecule has 6 atom stereocenters. The van der Waals surface area contributed by atoms with Gasteiger partial charge in [0.25, 0.3) is 5.91 Å². The number of benzene rings is 1. The van der Waals surface area contributed by atoms with E-state index in [-0.39, 0.29) is 52.4 Å². The number of anilines is 1. The number of nitrogens with one attached hydrogen (secondary N) is 1. The van der Waals surface area contributed by atoms with E-state index in [0.29, 0.717) is 17.2 Å². The second-order valence-electron chi connectivity index (χ2n) is 9.00. The molecule has 2 saturated carbocycles. The van der Waals surface area contributed by atoms with Crippen molar-refractivity contribution in [3.05, 3.63) is 29.8 Å². The summed E-state index contributed by atoms with van der Waals surface area (Å²) in [6, 6.07) is 7.08. The minimum atomic E-state index is -0.354. The van der Waals surface area contributed by atoms with E-state index < -0.39 is 0 Å². The van der Waals surface area contributed by atoms with Crippen LogP contribution in [0.1, 0.15) is 36.5 Å². The molecule has 2 heterocycles. The topological polar surface area (TPSA) is 75.7 Å². The molecule has 6 nitrogen and oxygen atoms in total. The van der Waals surface area contributed by atoms with Gasteiger partial charge < -0.3 is 15.0 Å². The molecule has 0 aromatic heterocycles. The zero-order valence-corrected chi connectivity index (χ0v) is 17.9. The van der Waals surface area contributed by atoms with Gasteiger partial charge in [0.1, 0.15) is 6.10 Å². The number of esters is 1. The average molecular weight is 461 g/mol. The van der Waals surface area contributed by atoms with Crippen molar-refractivity contribution in [1.29, 1.82) is 0 Å². The van der Waals surface area contributed by atoms with Gasteiger partial charge in [-0.05, 0) is 55.4 Å². The minimum absolute atomic E-state index is 0.0461. The van der Waals surface area contributed by atoms with Crippen LogP contribution in [0.5, 0.6) is 0 Å². The summed E-state index contributed by atoms with van der Waals surface area (Å²) in [5.74, 6) is -0.0365. The lowest BCUT2D eigenvalue weighted by molar-refractivity contribution is -0.145. The molecule has 4 fully saturated rings. The lowest BCUT2D eigenvalue weighted by atomic mass is 9.79. The van der Waals surface area contributed by atoms with E-state index >= 15 is 0 Å². The van der Waals surface area contributed by atoms with Gasteiger partial charge in [0.05, 0.1) is 16.7 Å². The number of amides is 2. The summed E-state index contributed by atoms with van der Waals surface area (Å²) in [5, 5.41) is 2.95. The quantitative estimate of drug-likeness (QED) is 0.555. The number of nitrogens with zero attached hydrogens (tertiary/aromatic N) is 1. The Morgan fingerprint density at radius 3 is 2.52 bits per heavy atom. The Kier molecular flexibility index (Phi) is 4.68. The Bertz CT molecular complexity index is 849. The first kappa shape index (κ1) is 19.1.